The van der Waals surface area contributed by atoms with Crippen molar-refractivity contribution < 1.29 is 4.74 Å². The Labute approximate surface area is 111 Å². The van der Waals surface area contributed by atoms with Crippen molar-refractivity contribution >= 4 is 0 Å². The van der Waals surface area contributed by atoms with E-state index in [0.717, 1.165) is 25.6 Å². The van der Waals surface area contributed by atoms with Gasteiger partial charge in [0, 0.05) is 19.3 Å². The van der Waals surface area contributed by atoms with Gasteiger partial charge in [-0.3, -0.25) is 0 Å². The summed E-state index contributed by atoms with van der Waals surface area (Å²) in [7, 11) is 2.08. The molecule has 1 saturated heterocycles. The average molecular weight is 247 g/mol. The van der Waals surface area contributed by atoms with Crippen molar-refractivity contribution in [3.63, 3.8) is 0 Å². The highest BCUT2D eigenvalue weighted by Gasteiger charge is 2.22. The number of aryl methyl sites for hydroxylation is 2. The van der Waals surface area contributed by atoms with E-state index < -0.39 is 0 Å². The van der Waals surface area contributed by atoms with Crippen LogP contribution in [0.15, 0.2) is 18.2 Å². The van der Waals surface area contributed by atoms with Crippen LogP contribution in [0.25, 0.3) is 0 Å². The number of ether oxygens (including phenoxy) is 1. The molecule has 0 aliphatic carbocycles. The van der Waals surface area contributed by atoms with Gasteiger partial charge >= 0.3 is 0 Å². The molecule has 1 aromatic carbocycles. The monoisotopic (exact) mass is 247 g/mol. The van der Waals surface area contributed by atoms with Crippen LogP contribution in [-0.2, 0) is 11.2 Å². The van der Waals surface area contributed by atoms with Gasteiger partial charge in [-0.05, 0) is 62.8 Å². The van der Waals surface area contributed by atoms with Crippen molar-refractivity contribution in [2.24, 2.45) is 5.92 Å². The summed E-state index contributed by atoms with van der Waals surface area (Å²) in [5.74, 6) is 0.755. The summed E-state index contributed by atoms with van der Waals surface area (Å²) in [5, 5.41) is 3.50. The smallest absolute Gasteiger partial charge is 0.0469 e. The van der Waals surface area contributed by atoms with E-state index >= 15 is 0 Å². The van der Waals surface area contributed by atoms with E-state index in [1.807, 2.05) is 0 Å². The average Bonchev–Trinajstić information content (AvgIpc) is 2.41. The second kappa shape index (κ2) is 6.35. The highest BCUT2D eigenvalue weighted by atomic mass is 16.5. The van der Waals surface area contributed by atoms with E-state index in [2.05, 4.69) is 44.4 Å². The van der Waals surface area contributed by atoms with Crippen LogP contribution in [0.4, 0.5) is 0 Å². The molecule has 1 atom stereocenters. The lowest BCUT2D eigenvalue weighted by molar-refractivity contribution is 0.0547. The Morgan fingerprint density at radius 2 is 1.94 bits per heavy atom. The van der Waals surface area contributed by atoms with Crippen LogP contribution >= 0.6 is 0 Å². The van der Waals surface area contributed by atoms with Crippen molar-refractivity contribution in [2.75, 3.05) is 20.3 Å². The molecule has 1 fully saturated rings. The van der Waals surface area contributed by atoms with Gasteiger partial charge in [0.1, 0.15) is 0 Å². The summed E-state index contributed by atoms with van der Waals surface area (Å²) < 4.78 is 5.45. The summed E-state index contributed by atoms with van der Waals surface area (Å²) in [6, 6.07) is 7.42. The van der Waals surface area contributed by atoms with E-state index in [0.29, 0.717) is 6.04 Å². The van der Waals surface area contributed by atoms with Gasteiger partial charge in [-0.2, -0.15) is 0 Å². The molecular weight excluding hydrogens is 222 g/mol. The van der Waals surface area contributed by atoms with Gasteiger partial charge in [0.25, 0.3) is 0 Å². The maximum Gasteiger partial charge on any atom is 0.0469 e. The molecule has 18 heavy (non-hydrogen) atoms. The van der Waals surface area contributed by atoms with Crippen molar-refractivity contribution in [1.82, 2.24) is 5.32 Å². The van der Waals surface area contributed by atoms with Gasteiger partial charge in [0.15, 0.2) is 0 Å². The quantitative estimate of drug-likeness (QED) is 0.883. The predicted molar refractivity (Wildman–Crippen MR) is 76.0 cm³/mol. The molecule has 1 N–H and O–H groups in total. The fourth-order valence-electron chi connectivity index (χ4n) is 2.81. The summed E-state index contributed by atoms with van der Waals surface area (Å²) in [5.41, 5.74) is 4.23. The third kappa shape index (κ3) is 3.33. The van der Waals surface area contributed by atoms with Crippen LogP contribution < -0.4 is 5.32 Å². The topological polar surface area (TPSA) is 21.3 Å². The first-order valence-electron chi connectivity index (χ1n) is 7.02. The number of hydrogen-bond donors (Lipinski definition) is 1. The van der Waals surface area contributed by atoms with Gasteiger partial charge in [-0.15, -0.1) is 0 Å². The SMILES string of the molecule is CNC(Cc1ccc(C)c(C)c1)C1CCOCC1. The molecule has 2 rings (SSSR count). The second-order valence-corrected chi connectivity index (χ2v) is 5.47. The Hall–Kier alpha value is -0.860. The Kier molecular flexibility index (Phi) is 4.79. The number of hydrogen-bond acceptors (Lipinski definition) is 2. The molecule has 100 valence electrons. The van der Waals surface area contributed by atoms with Crippen LogP contribution in [0.2, 0.25) is 0 Å². The summed E-state index contributed by atoms with van der Waals surface area (Å²) in [6.07, 6.45) is 3.51. The standard InChI is InChI=1S/C16H25NO/c1-12-4-5-14(10-13(12)2)11-16(17-3)15-6-8-18-9-7-15/h4-5,10,15-17H,6-9,11H2,1-3H3. The molecule has 0 radical (unpaired) electrons. The largest absolute Gasteiger partial charge is 0.381 e. The fourth-order valence-corrected chi connectivity index (χ4v) is 2.81. The second-order valence-electron chi connectivity index (χ2n) is 5.47. The molecule has 1 unspecified atom stereocenters. The first-order valence-corrected chi connectivity index (χ1v) is 7.02. The number of nitrogens with one attached hydrogen (secondary N) is 1. The minimum Gasteiger partial charge on any atom is -0.381 e. The minimum absolute atomic E-state index is 0.580. The van der Waals surface area contributed by atoms with Crippen molar-refractivity contribution in [3.05, 3.63) is 34.9 Å². The molecule has 0 amide bonds. The predicted octanol–water partition coefficient (Wildman–Crippen LogP) is 2.86. The Balaban J connectivity index is 2.02. The van der Waals surface area contributed by atoms with Crippen LogP contribution in [0, 0.1) is 19.8 Å². The van der Waals surface area contributed by atoms with Crippen LogP contribution in [0.1, 0.15) is 29.5 Å². The highest BCUT2D eigenvalue weighted by molar-refractivity contribution is 5.30. The van der Waals surface area contributed by atoms with E-state index in [-0.39, 0.29) is 0 Å². The summed E-state index contributed by atoms with van der Waals surface area (Å²) in [4.78, 5) is 0. The number of rotatable bonds is 4. The van der Waals surface area contributed by atoms with Crippen molar-refractivity contribution in [1.29, 1.82) is 0 Å². The van der Waals surface area contributed by atoms with Gasteiger partial charge in [0.05, 0.1) is 0 Å². The Bertz CT molecular complexity index is 383. The van der Waals surface area contributed by atoms with E-state index in [1.54, 1.807) is 0 Å². The first-order chi connectivity index (χ1) is 8.70. The maximum atomic E-state index is 5.45. The van der Waals surface area contributed by atoms with Gasteiger partial charge in [0.2, 0.25) is 0 Å². The molecule has 1 aliphatic heterocycles. The summed E-state index contributed by atoms with van der Waals surface area (Å²) >= 11 is 0. The third-order valence-corrected chi connectivity index (χ3v) is 4.23. The first kappa shape index (κ1) is 13.6. The molecular formula is C16H25NO. The van der Waals surface area contributed by atoms with Crippen LogP contribution in [0.3, 0.4) is 0 Å². The van der Waals surface area contributed by atoms with Gasteiger partial charge in [-0.1, -0.05) is 18.2 Å². The molecule has 2 heteroatoms. The zero-order valence-corrected chi connectivity index (χ0v) is 11.8. The lowest BCUT2D eigenvalue weighted by Gasteiger charge is -2.30. The Morgan fingerprint density at radius 3 is 2.56 bits per heavy atom. The molecule has 1 aliphatic rings. The molecule has 0 saturated carbocycles. The zero-order valence-electron chi connectivity index (χ0n) is 11.8. The Morgan fingerprint density at radius 1 is 1.22 bits per heavy atom. The molecule has 0 bridgehead atoms. The van der Waals surface area contributed by atoms with E-state index in [9.17, 15) is 0 Å². The van der Waals surface area contributed by atoms with Crippen molar-refractivity contribution in [3.8, 4) is 0 Å². The lowest BCUT2D eigenvalue weighted by atomic mass is 9.87. The van der Waals surface area contributed by atoms with Crippen LogP contribution in [-0.4, -0.2) is 26.3 Å². The van der Waals surface area contributed by atoms with Gasteiger partial charge < -0.3 is 10.1 Å². The van der Waals surface area contributed by atoms with Crippen LogP contribution in [0.5, 0.6) is 0 Å². The minimum atomic E-state index is 0.580. The molecule has 1 heterocycles. The van der Waals surface area contributed by atoms with Gasteiger partial charge in [-0.25, -0.2) is 0 Å². The molecule has 1 aromatic rings. The zero-order chi connectivity index (χ0) is 13.0. The lowest BCUT2D eigenvalue weighted by Crippen LogP contribution is -2.38. The summed E-state index contributed by atoms with van der Waals surface area (Å²) in [6.45, 7) is 6.22. The normalized spacial score (nSPS) is 18.8. The molecule has 0 spiro atoms. The fraction of sp³-hybridized carbons (Fsp3) is 0.625. The van der Waals surface area contributed by atoms with E-state index in [1.165, 1.54) is 29.5 Å². The molecule has 0 aromatic heterocycles. The van der Waals surface area contributed by atoms with E-state index in [4.69, 9.17) is 4.74 Å². The third-order valence-electron chi connectivity index (χ3n) is 4.23. The number of likely N-dealkylation sites (N-methyl/N-ethyl adjacent to an activating group) is 1. The molecule has 2 nitrogen and oxygen atoms in total. The number of benzene rings is 1. The maximum absolute atomic E-state index is 5.45. The highest BCUT2D eigenvalue weighted by Crippen LogP contribution is 2.22. The van der Waals surface area contributed by atoms with Crippen molar-refractivity contribution in [2.45, 2.75) is 39.2 Å².